The molecule has 0 saturated heterocycles. The molecule has 43 heavy (non-hydrogen) atoms. The predicted octanol–water partition coefficient (Wildman–Crippen LogP) is 10.0. The van der Waals surface area contributed by atoms with Crippen LogP contribution in [0.5, 0.6) is 5.75 Å². The molecule has 4 aromatic carbocycles. The number of aromatic hydroxyl groups is 1. The summed E-state index contributed by atoms with van der Waals surface area (Å²) >= 11 is 0. The normalized spacial score (nSPS) is 12.2. The average molecular weight is 566 g/mol. The number of imidazole rings is 1. The van der Waals surface area contributed by atoms with Crippen LogP contribution in [-0.4, -0.2) is 19.6 Å². The summed E-state index contributed by atoms with van der Waals surface area (Å²) in [5, 5.41) is 11.9. The van der Waals surface area contributed by atoms with Gasteiger partial charge in [0.15, 0.2) is 0 Å². The minimum atomic E-state index is -0.251. The Morgan fingerprint density at radius 3 is 2.07 bits per heavy atom. The molecule has 6 rings (SSSR count). The summed E-state index contributed by atoms with van der Waals surface area (Å²) in [7, 11) is 0. The Morgan fingerprint density at radius 1 is 0.674 bits per heavy atom. The van der Waals surface area contributed by atoms with Gasteiger partial charge in [-0.15, -0.1) is 0 Å². The van der Waals surface area contributed by atoms with Crippen LogP contribution in [0.3, 0.4) is 0 Å². The average Bonchev–Trinajstić information content (AvgIpc) is 3.36. The zero-order valence-electron chi connectivity index (χ0n) is 26.1. The quantitative estimate of drug-likeness (QED) is 0.231. The molecule has 6 aromatic rings. The van der Waals surface area contributed by atoms with Gasteiger partial charge in [-0.05, 0) is 70.8 Å². The maximum atomic E-state index is 11.9. The van der Waals surface area contributed by atoms with Crippen LogP contribution in [-0.2, 0) is 10.8 Å². The SMILES string of the molecule is Cc1ccc(-c2cccc(-c3cccc4c3nc(-c3cc(C(C)(C)C)cc(C(C)(C)C)c3O)n4-c3ccccc3)c2)nc1. The summed E-state index contributed by atoms with van der Waals surface area (Å²) in [6, 6.07) is 33.5. The number of fused-ring (bicyclic) bond motifs is 1. The Bertz CT molecular complexity index is 1940. The predicted molar refractivity (Wildman–Crippen MR) is 179 cm³/mol. The molecule has 1 N–H and O–H groups in total. The van der Waals surface area contributed by atoms with Gasteiger partial charge in [0, 0.05) is 28.6 Å². The zero-order chi connectivity index (χ0) is 30.5. The molecular formula is C39H39N3O. The molecule has 0 unspecified atom stereocenters. The fourth-order valence-corrected chi connectivity index (χ4v) is 5.65. The van der Waals surface area contributed by atoms with Gasteiger partial charge in [0.05, 0.1) is 22.3 Å². The number of pyridine rings is 1. The third kappa shape index (κ3) is 5.34. The smallest absolute Gasteiger partial charge is 0.149 e. The lowest BCUT2D eigenvalue weighted by atomic mass is 9.79. The molecule has 0 aliphatic rings. The topological polar surface area (TPSA) is 50.9 Å². The lowest BCUT2D eigenvalue weighted by molar-refractivity contribution is 0.446. The van der Waals surface area contributed by atoms with Gasteiger partial charge in [-0.2, -0.15) is 0 Å². The Balaban J connectivity index is 1.65. The first-order valence-electron chi connectivity index (χ1n) is 14.9. The molecular weight excluding hydrogens is 526 g/mol. The molecule has 4 nitrogen and oxygen atoms in total. The fourth-order valence-electron chi connectivity index (χ4n) is 5.65. The van der Waals surface area contributed by atoms with Crippen LogP contribution in [0.4, 0.5) is 0 Å². The highest BCUT2D eigenvalue weighted by Crippen LogP contribution is 2.44. The van der Waals surface area contributed by atoms with E-state index in [0.717, 1.165) is 67.2 Å². The third-order valence-corrected chi connectivity index (χ3v) is 8.11. The molecule has 0 aliphatic heterocycles. The number of nitrogens with zero attached hydrogens (tertiary/aromatic N) is 3. The van der Waals surface area contributed by atoms with Crippen molar-refractivity contribution in [2.45, 2.75) is 59.3 Å². The molecule has 0 saturated carbocycles. The van der Waals surface area contributed by atoms with Crippen LogP contribution in [0.15, 0.2) is 103 Å². The van der Waals surface area contributed by atoms with Crippen molar-refractivity contribution in [2.24, 2.45) is 0 Å². The number of benzene rings is 4. The van der Waals surface area contributed by atoms with Crippen LogP contribution in [0.1, 0.15) is 58.2 Å². The summed E-state index contributed by atoms with van der Waals surface area (Å²) < 4.78 is 2.18. The Morgan fingerprint density at radius 2 is 1.40 bits per heavy atom. The van der Waals surface area contributed by atoms with Gasteiger partial charge in [-0.3, -0.25) is 9.55 Å². The van der Waals surface area contributed by atoms with Crippen molar-refractivity contribution < 1.29 is 5.11 Å². The monoisotopic (exact) mass is 565 g/mol. The van der Waals surface area contributed by atoms with Crippen molar-refractivity contribution in [3.05, 3.63) is 120 Å². The van der Waals surface area contributed by atoms with Gasteiger partial charge in [0.2, 0.25) is 0 Å². The van der Waals surface area contributed by atoms with Crippen molar-refractivity contribution in [3.8, 4) is 45.2 Å². The van der Waals surface area contributed by atoms with E-state index in [2.05, 4.69) is 130 Å². The van der Waals surface area contributed by atoms with Crippen LogP contribution >= 0.6 is 0 Å². The van der Waals surface area contributed by atoms with Gasteiger partial charge >= 0.3 is 0 Å². The minimum absolute atomic E-state index is 0.109. The zero-order valence-corrected chi connectivity index (χ0v) is 26.1. The van der Waals surface area contributed by atoms with Gasteiger partial charge < -0.3 is 5.11 Å². The van der Waals surface area contributed by atoms with E-state index in [1.807, 2.05) is 31.3 Å². The molecule has 0 bridgehead atoms. The summed E-state index contributed by atoms with van der Waals surface area (Å²) in [6.07, 6.45) is 1.90. The molecule has 2 aromatic heterocycles. The summed E-state index contributed by atoms with van der Waals surface area (Å²) in [5.74, 6) is 1.00. The van der Waals surface area contributed by atoms with Crippen molar-refractivity contribution in [2.75, 3.05) is 0 Å². The lowest BCUT2D eigenvalue weighted by Crippen LogP contribution is -2.17. The number of phenolic OH excluding ortho intramolecular Hbond substituents is 1. The van der Waals surface area contributed by atoms with E-state index in [9.17, 15) is 5.11 Å². The van der Waals surface area contributed by atoms with Crippen molar-refractivity contribution in [1.29, 1.82) is 0 Å². The third-order valence-electron chi connectivity index (χ3n) is 8.11. The van der Waals surface area contributed by atoms with Gasteiger partial charge in [0.25, 0.3) is 0 Å². The van der Waals surface area contributed by atoms with Crippen LogP contribution in [0.2, 0.25) is 0 Å². The van der Waals surface area contributed by atoms with E-state index in [-0.39, 0.29) is 16.6 Å². The summed E-state index contributed by atoms with van der Waals surface area (Å²) in [5.41, 5.74) is 10.5. The second kappa shape index (κ2) is 10.5. The number of hydrogen-bond acceptors (Lipinski definition) is 3. The van der Waals surface area contributed by atoms with Crippen molar-refractivity contribution >= 4 is 11.0 Å². The maximum Gasteiger partial charge on any atom is 0.149 e. The van der Waals surface area contributed by atoms with E-state index in [1.54, 1.807) is 0 Å². The van der Waals surface area contributed by atoms with Crippen LogP contribution in [0, 0.1) is 6.92 Å². The highest BCUT2D eigenvalue weighted by Gasteiger charge is 2.28. The van der Waals surface area contributed by atoms with Crippen LogP contribution < -0.4 is 0 Å². The van der Waals surface area contributed by atoms with E-state index in [0.29, 0.717) is 0 Å². The second-order valence-electron chi connectivity index (χ2n) is 13.5. The molecule has 0 amide bonds. The molecule has 0 atom stereocenters. The van der Waals surface area contributed by atoms with Gasteiger partial charge in [0.1, 0.15) is 11.6 Å². The number of phenols is 1. The number of aromatic nitrogens is 3. The highest BCUT2D eigenvalue weighted by molar-refractivity contribution is 5.96. The first-order chi connectivity index (χ1) is 20.4. The molecule has 0 fully saturated rings. The molecule has 216 valence electrons. The molecule has 2 heterocycles. The maximum absolute atomic E-state index is 11.9. The van der Waals surface area contributed by atoms with Crippen molar-refractivity contribution in [1.82, 2.24) is 14.5 Å². The number of hydrogen-bond donors (Lipinski definition) is 1. The number of rotatable bonds is 4. The van der Waals surface area contributed by atoms with Gasteiger partial charge in [-0.1, -0.05) is 102 Å². The summed E-state index contributed by atoms with van der Waals surface area (Å²) in [6.45, 7) is 15.1. The van der Waals surface area contributed by atoms with Gasteiger partial charge in [-0.25, -0.2) is 4.98 Å². The van der Waals surface area contributed by atoms with E-state index in [4.69, 9.17) is 4.98 Å². The molecule has 0 aliphatic carbocycles. The standard InChI is InChI=1S/C39H39N3O/c1-25-19-20-33(40-24-25)27-14-11-13-26(21-27)30-17-12-18-34-35(30)41-37(42(34)29-15-9-8-10-16-29)31-22-28(38(2,3)4)23-32(36(31)43)39(5,6)7/h8-24,43H,1-7H3. The van der Waals surface area contributed by atoms with E-state index < -0.39 is 0 Å². The Kier molecular flexibility index (Phi) is 6.96. The first kappa shape index (κ1) is 28.4. The fraction of sp³-hybridized carbons (Fsp3) is 0.231. The number of aryl methyl sites for hydroxylation is 1. The van der Waals surface area contributed by atoms with E-state index >= 15 is 0 Å². The number of para-hydroxylation sites is 2. The summed E-state index contributed by atoms with van der Waals surface area (Å²) in [4.78, 5) is 10.0. The Labute approximate surface area is 254 Å². The second-order valence-corrected chi connectivity index (χ2v) is 13.5. The molecule has 0 spiro atoms. The first-order valence-corrected chi connectivity index (χ1v) is 14.9. The van der Waals surface area contributed by atoms with Crippen LogP contribution in [0.25, 0.3) is 50.5 Å². The lowest BCUT2D eigenvalue weighted by Gasteiger charge is -2.27. The minimum Gasteiger partial charge on any atom is -0.507 e. The molecule has 4 heteroatoms. The Hall–Kier alpha value is -4.70. The highest BCUT2D eigenvalue weighted by atomic mass is 16.3. The van der Waals surface area contributed by atoms with Crippen molar-refractivity contribution in [3.63, 3.8) is 0 Å². The largest absolute Gasteiger partial charge is 0.507 e. The molecule has 0 radical (unpaired) electrons. The van der Waals surface area contributed by atoms with E-state index in [1.165, 1.54) is 0 Å².